The van der Waals surface area contributed by atoms with Gasteiger partial charge in [-0.15, -0.1) is 0 Å². The van der Waals surface area contributed by atoms with Gasteiger partial charge in [-0.25, -0.2) is 19.9 Å². The van der Waals surface area contributed by atoms with Gasteiger partial charge in [0.25, 0.3) is 0 Å². The van der Waals surface area contributed by atoms with Gasteiger partial charge in [0.2, 0.25) is 0 Å². The molecule has 0 atom stereocenters. The van der Waals surface area contributed by atoms with E-state index in [0.29, 0.717) is 35.2 Å². The molecule has 0 N–H and O–H groups in total. The molecule has 0 saturated carbocycles. The molecular formula is C14H11ClN4O. The number of benzene rings is 1. The van der Waals surface area contributed by atoms with Gasteiger partial charge in [-0.05, 0) is 17.7 Å². The summed E-state index contributed by atoms with van der Waals surface area (Å²) in [6, 6.07) is 7.55. The van der Waals surface area contributed by atoms with Crippen molar-refractivity contribution in [2.45, 2.75) is 13.2 Å². The second-order valence-corrected chi connectivity index (χ2v) is 4.61. The summed E-state index contributed by atoms with van der Waals surface area (Å²) in [6.45, 7) is 0.779. The fraction of sp³-hybridized carbons (Fsp3) is 0.143. The zero-order valence-corrected chi connectivity index (χ0v) is 11.3. The van der Waals surface area contributed by atoms with Crippen molar-refractivity contribution >= 4 is 22.8 Å². The van der Waals surface area contributed by atoms with E-state index in [0.717, 1.165) is 5.56 Å². The predicted molar refractivity (Wildman–Crippen MR) is 75.1 cm³/mol. The molecule has 0 spiro atoms. The zero-order chi connectivity index (χ0) is 13.8. The SMILES string of the molecule is Clc1cccc(COCc2ncc3nccnc3n2)c1. The van der Waals surface area contributed by atoms with Gasteiger partial charge in [-0.1, -0.05) is 23.7 Å². The fourth-order valence-corrected chi connectivity index (χ4v) is 1.97. The maximum absolute atomic E-state index is 5.91. The second-order valence-electron chi connectivity index (χ2n) is 4.17. The molecule has 5 nitrogen and oxygen atoms in total. The number of halogens is 1. The summed E-state index contributed by atoms with van der Waals surface area (Å²) in [7, 11) is 0. The highest BCUT2D eigenvalue weighted by molar-refractivity contribution is 6.30. The third kappa shape index (κ3) is 3.07. The van der Waals surface area contributed by atoms with Crippen LogP contribution >= 0.6 is 11.6 Å². The molecule has 0 amide bonds. The molecule has 20 heavy (non-hydrogen) atoms. The van der Waals surface area contributed by atoms with Crippen molar-refractivity contribution in [3.8, 4) is 0 Å². The van der Waals surface area contributed by atoms with Crippen LogP contribution in [0.5, 0.6) is 0 Å². The van der Waals surface area contributed by atoms with Gasteiger partial charge in [0, 0.05) is 17.4 Å². The van der Waals surface area contributed by atoms with Crippen molar-refractivity contribution in [3.05, 3.63) is 59.3 Å². The first-order chi connectivity index (χ1) is 9.81. The number of aromatic nitrogens is 4. The molecule has 0 aliphatic carbocycles. The number of rotatable bonds is 4. The van der Waals surface area contributed by atoms with Crippen LogP contribution in [0, 0.1) is 0 Å². The predicted octanol–water partition coefficient (Wildman–Crippen LogP) is 2.79. The maximum atomic E-state index is 5.91. The lowest BCUT2D eigenvalue weighted by Gasteiger charge is -2.04. The molecule has 3 rings (SSSR count). The molecule has 0 bridgehead atoms. The van der Waals surface area contributed by atoms with Gasteiger partial charge in [0.15, 0.2) is 11.5 Å². The van der Waals surface area contributed by atoms with Crippen molar-refractivity contribution in [2.75, 3.05) is 0 Å². The highest BCUT2D eigenvalue weighted by Gasteiger charge is 2.02. The number of fused-ring (bicyclic) bond motifs is 1. The largest absolute Gasteiger partial charge is 0.369 e. The summed E-state index contributed by atoms with van der Waals surface area (Å²) in [5.74, 6) is 0.583. The van der Waals surface area contributed by atoms with E-state index in [-0.39, 0.29) is 0 Å². The molecule has 0 fully saturated rings. The Morgan fingerprint density at radius 2 is 1.95 bits per heavy atom. The average Bonchev–Trinajstić information content (AvgIpc) is 2.47. The Morgan fingerprint density at radius 3 is 2.85 bits per heavy atom. The van der Waals surface area contributed by atoms with E-state index in [1.807, 2.05) is 24.3 Å². The van der Waals surface area contributed by atoms with Gasteiger partial charge in [-0.2, -0.15) is 0 Å². The molecular weight excluding hydrogens is 276 g/mol. The van der Waals surface area contributed by atoms with Crippen molar-refractivity contribution in [3.63, 3.8) is 0 Å². The van der Waals surface area contributed by atoms with Gasteiger partial charge >= 0.3 is 0 Å². The molecule has 100 valence electrons. The van der Waals surface area contributed by atoms with Gasteiger partial charge < -0.3 is 4.74 Å². The third-order valence-corrected chi connectivity index (χ3v) is 2.90. The Balaban J connectivity index is 1.65. The molecule has 0 radical (unpaired) electrons. The quantitative estimate of drug-likeness (QED) is 0.738. The van der Waals surface area contributed by atoms with Crippen LogP contribution in [0.25, 0.3) is 11.2 Å². The first kappa shape index (κ1) is 12.9. The highest BCUT2D eigenvalue weighted by Crippen LogP contribution is 2.12. The van der Waals surface area contributed by atoms with Crippen LogP contribution in [0.4, 0.5) is 0 Å². The monoisotopic (exact) mass is 286 g/mol. The van der Waals surface area contributed by atoms with Crippen LogP contribution in [0.1, 0.15) is 11.4 Å². The maximum Gasteiger partial charge on any atom is 0.181 e. The van der Waals surface area contributed by atoms with Gasteiger partial charge in [0.05, 0.1) is 12.8 Å². The minimum atomic E-state index is 0.318. The number of ether oxygens (including phenoxy) is 1. The Hall–Kier alpha value is -2.11. The lowest BCUT2D eigenvalue weighted by Crippen LogP contribution is -2.01. The van der Waals surface area contributed by atoms with Crippen LogP contribution in [0.3, 0.4) is 0 Å². The van der Waals surface area contributed by atoms with E-state index in [4.69, 9.17) is 16.3 Å². The Morgan fingerprint density at radius 1 is 1.05 bits per heavy atom. The highest BCUT2D eigenvalue weighted by atomic mass is 35.5. The normalized spacial score (nSPS) is 10.8. The van der Waals surface area contributed by atoms with Crippen LogP contribution < -0.4 is 0 Å². The molecule has 6 heteroatoms. The minimum Gasteiger partial charge on any atom is -0.369 e. The Labute approximate surface area is 120 Å². The second kappa shape index (κ2) is 5.90. The first-order valence-corrected chi connectivity index (χ1v) is 6.44. The number of hydrogen-bond donors (Lipinski definition) is 0. The fourth-order valence-electron chi connectivity index (χ4n) is 1.76. The molecule has 2 heterocycles. The molecule has 2 aromatic heterocycles. The lowest BCUT2D eigenvalue weighted by molar-refractivity contribution is 0.102. The van der Waals surface area contributed by atoms with Crippen LogP contribution in [0.2, 0.25) is 5.02 Å². The lowest BCUT2D eigenvalue weighted by atomic mass is 10.2. The standard InChI is InChI=1S/C14H11ClN4O/c15-11-3-1-2-10(6-11)8-20-9-13-18-7-12-14(19-13)17-5-4-16-12/h1-7H,8-9H2. The molecule has 0 aliphatic heterocycles. The summed E-state index contributed by atoms with van der Waals surface area (Å²) in [5, 5.41) is 0.698. The molecule has 0 aliphatic rings. The summed E-state index contributed by atoms with van der Waals surface area (Å²) in [5.41, 5.74) is 2.26. The van der Waals surface area contributed by atoms with Gasteiger partial charge in [-0.3, -0.25) is 0 Å². The minimum absolute atomic E-state index is 0.318. The van der Waals surface area contributed by atoms with E-state index in [1.54, 1.807) is 18.6 Å². The van der Waals surface area contributed by atoms with E-state index < -0.39 is 0 Å². The van der Waals surface area contributed by atoms with Crippen molar-refractivity contribution in [2.24, 2.45) is 0 Å². The summed E-state index contributed by atoms with van der Waals surface area (Å²) in [4.78, 5) is 16.7. The molecule has 3 aromatic rings. The first-order valence-electron chi connectivity index (χ1n) is 6.06. The van der Waals surface area contributed by atoms with Crippen molar-refractivity contribution < 1.29 is 4.74 Å². The number of nitrogens with zero attached hydrogens (tertiary/aromatic N) is 4. The average molecular weight is 287 g/mol. The smallest absolute Gasteiger partial charge is 0.181 e. The summed E-state index contributed by atoms with van der Waals surface area (Å²) < 4.78 is 5.58. The van der Waals surface area contributed by atoms with Crippen molar-refractivity contribution in [1.82, 2.24) is 19.9 Å². The third-order valence-electron chi connectivity index (χ3n) is 2.67. The Bertz CT molecular complexity index is 735. The molecule has 1 aromatic carbocycles. The van der Waals surface area contributed by atoms with Crippen molar-refractivity contribution in [1.29, 1.82) is 0 Å². The summed E-state index contributed by atoms with van der Waals surface area (Å²) >= 11 is 5.91. The van der Waals surface area contributed by atoms with Crippen LogP contribution in [0.15, 0.2) is 42.9 Å². The zero-order valence-electron chi connectivity index (χ0n) is 10.5. The Kier molecular flexibility index (Phi) is 3.80. The van der Waals surface area contributed by atoms with Crippen LogP contribution in [-0.4, -0.2) is 19.9 Å². The van der Waals surface area contributed by atoms with Gasteiger partial charge in [0.1, 0.15) is 12.1 Å². The summed E-state index contributed by atoms with van der Waals surface area (Å²) in [6.07, 6.45) is 4.86. The number of hydrogen-bond acceptors (Lipinski definition) is 5. The topological polar surface area (TPSA) is 60.8 Å². The molecule has 0 saturated heterocycles. The van der Waals surface area contributed by atoms with E-state index >= 15 is 0 Å². The van der Waals surface area contributed by atoms with E-state index in [9.17, 15) is 0 Å². The molecule has 0 unspecified atom stereocenters. The van der Waals surface area contributed by atoms with E-state index in [1.165, 1.54) is 0 Å². The van der Waals surface area contributed by atoms with Crippen LogP contribution in [-0.2, 0) is 18.0 Å². The van der Waals surface area contributed by atoms with E-state index in [2.05, 4.69) is 19.9 Å².